The molecule has 1 aromatic heterocycles. The molecule has 0 fully saturated rings. The van der Waals surface area contributed by atoms with E-state index in [1.165, 1.54) is 0 Å². The first-order valence-corrected chi connectivity index (χ1v) is 10.00. The van der Waals surface area contributed by atoms with Crippen LogP contribution in [0.2, 0.25) is 0 Å². The lowest BCUT2D eigenvalue weighted by Crippen LogP contribution is -2.11. The average molecular weight is 375 g/mol. The minimum atomic E-state index is -1.06. The van der Waals surface area contributed by atoms with Crippen LogP contribution in [0, 0.1) is 0 Å². The van der Waals surface area contributed by atoms with Gasteiger partial charge in [-0.25, -0.2) is 0 Å². The minimum Gasteiger partial charge on any atom is -0.456 e. The first kappa shape index (κ1) is 17.2. The Balaban J connectivity index is 1.50. The van der Waals surface area contributed by atoms with Gasteiger partial charge >= 0.3 is 0 Å². The summed E-state index contributed by atoms with van der Waals surface area (Å²) in [7, 11) is -1.06. The Hall–Kier alpha value is -3.18. The van der Waals surface area contributed by atoms with Crippen molar-refractivity contribution in [2.24, 2.45) is 0 Å². The Bertz CT molecular complexity index is 1100. The highest BCUT2D eigenvalue weighted by molar-refractivity contribution is 7.84. The van der Waals surface area contributed by atoms with E-state index in [-0.39, 0.29) is 5.91 Å². The largest absolute Gasteiger partial charge is 0.456 e. The Morgan fingerprint density at radius 3 is 2.30 bits per heavy atom. The number of hydrogen-bond acceptors (Lipinski definition) is 3. The predicted octanol–water partition coefficient (Wildman–Crippen LogP) is 5.09. The SMILES string of the molecule is CS(=O)c1ccc(C(=O)Nc2ccc(-c3cc4ccccc4o3)cc2)cc1. The maximum absolute atomic E-state index is 12.4. The fourth-order valence-corrected chi connectivity index (χ4v) is 3.36. The molecule has 4 nitrogen and oxygen atoms in total. The van der Waals surface area contributed by atoms with Crippen LogP contribution in [0.3, 0.4) is 0 Å². The maximum atomic E-state index is 12.4. The number of nitrogens with one attached hydrogen (secondary N) is 1. The Labute approximate surface area is 159 Å². The minimum absolute atomic E-state index is 0.208. The molecule has 3 aromatic carbocycles. The normalized spacial score (nSPS) is 12.0. The first-order chi connectivity index (χ1) is 13.1. The number of furan rings is 1. The smallest absolute Gasteiger partial charge is 0.255 e. The van der Waals surface area contributed by atoms with E-state index in [1.54, 1.807) is 30.5 Å². The van der Waals surface area contributed by atoms with E-state index < -0.39 is 10.8 Å². The van der Waals surface area contributed by atoms with Gasteiger partial charge in [-0.1, -0.05) is 18.2 Å². The van der Waals surface area contributed by atoms with Crippen molar-refractivity contribution in [1.82, 2.24) is 0 Å². The topological polar surface area (TPSA) is 59.3 Å². The van der Waals surface area contributed by atoms with E-state index in [2.05, 4.69) is 5.32 Å². The summed E-state index contributed by atoms with van der Waals surface area (Å²) in [5.74, 6) is 0.581. The van der Waals surface area contributed by atoms with Crippen LogP contribution < -0.4 is 5.32 Å². The van der Waals surface area contributed by atoms with Crippen molar-refractivity contribution in [1.29, 1.82) is 0 Å². The highest BCUT2D eigenvalue weighted by atomic mass is 32.2. The van der Waals surface area contributed by atoms with E-state index in [9.17, 15) is 9.00 Å². The Kier molecular flexibility index (Phi) is 4.60. The zero-order valence-corrected chi connectivity index (χ0v) is 15.5. The molecule has 5 heteroatoms. The monoisotopic (exact) mass is 375 g/mol. The summed E-state index contributed by atoms with van der Waals surface area (Å²) in [6, 6.07) is 24.1. The quantitative estimate of drug-likeness (QED) is 0.540. The average Bonchev–Trinajstić information content (AvgIpc) is 3.13. The molecule has 0 bridgehead atoms. The van der Waals surface area contributed by atoms with Crippen LogP contribution in [0.15, 0.2) is 88.2 Å². The molecule has 1 amide bonds. The third kappa shape index (κ3) is 3.68. The number of anilines is 1. The number of para-hydroxylation sites is 1. The van der Waals surface area contributed by atoms with Gasteiger partial charge in [-0.05, 0) is 60.7 Å². The molecule has 0 aliphatic carbocycles. The van der Waals surface area contributed by atoms with Crippen LogP contribution in [-0.4, -0.2) is 16.4 Å². The van der Waals surface area contributed by atoms with Gasteiger partial charge in [0.25, 0.3) is 5.91 Å². The summed E-state index contributed by atoms with van der Waals surface area (Å²) < 4.78 is 17.3. The number of carbonyl (C=O) groups is 1. The molecule has 0 radical (unpaired) electrons. The second-order valence-electron chi connectivity index (χ2n) is 6.16. The summed E-state index contributed by atoms with van der Waals surface area (Å²) in [5.41, 5.74) is 3.01. The molecule has 1 heterocycles. The van der Waals surface area contributed by atoms with Gasteiger partial charge in [0.1, 0.15) is 11.3 Å². The van der Waals surface area contributed by atoms with Gasteiger partial charge < -0.3 is 9.73 Å². The zero-order chi connectivity index (χ0) is 18.8. The second-order valence-corrected chi connectivity index (χ2v) is 7.54. The van der Waals surface area contributed by atoms with E-state index in [0.717, 1.165) is 22.3 Å². The fraction of sp³-hybridized carbons (Fsp3) is 0.0455. The molecule has 4 aromatic rings. The van der Waals surface area contributed by atoms with Crippen molar-refractivity contribution < 1.29 is 13.4 Å². The Morgan fingerprint density at radius 1 is 0.926 bits per heavy atom. The number of rotatable bonds is 4. The van der Waals surface area contributed by atoms with Crippen LogP contribution in [0.1, 0.15) is 10.4 Å². The lowest BCUT2D eigenvalue weighted by Gasteiger charge is -2.06. The molecule has 27 heavy (non-hydrogen) atoms. The lowest BCUT2D eigenvalue weighted by molar-refractivity contribution is 0.102. The van der Waals surface area contributed by atoms with Gasteiger partial charge in [0.05, 0.1) is 0 Å². The predicted molar refractivity (Wildman–Crippen MR) is 108 cm³/mol. The molecule has 134 valence electrons. The molecule has 0 spiro atoms. The summed E-state index contributed by atoms with van der Waals surface area (Å²) in [6.45, 7) is 0. The van der Waals surface area contributed by atoms with Crippen LogP contribution in [0.5, 0.6) is 0 Å². The van der Waals surface area contributed by atoms with Crippen LogP contribution >= 0.6 is 0 Å². The van der Waals surface area contributed by atoms with Gasteiger partial charge in [-0.15, -0.1) is 0 Å². The first-order valence-electron chi connectivity index (χ1n) is 8.44. The summed E-state index contributed by atoms with van der Waals surface area (Å²) in [5, 5.41) is 3.92. The molecule has 0 aliphatic rings. The standard InChI is InChI=1S/C22H17NO3S/c1-27(25)19-12-8-16(9-13-19)22(24)23-18-10-6-15(7-11-18)21-14-17-4-2-3-5-20(17)26-21/h2-14H,1H3,(H,23,24). The maximum Gasteiger partial charge on any atom is 0.255 e. The van der Waals surface area contributed by atoms with Gasteiger partial charge in [0, 0.05) is 44.2 Å². The van der Waals surface area contributed by atoms with Gasteiger partial charge in [0.2, 0.25) is 0 Å². The summed E-state index contributed by atoms with van der Waals surface area (Å²) in [4.78, 5) is 13.1. The molecule has 0 aliphatic heterocycles. The van der Waals surface area contributed by atoms with Crippen molar-refractivity contribution in [2.75, 3.05) is 11.6 Å². The van der Waals surface area contributed by atoms with Gasteiger partial charge in [-0.2, -0.15) is 0 Å². The number of amides is 1. The van der Waals surface area contributed by atoms with E-state index in [0.29, 0.717) is 16.1 Å². The third-order valence-corrected chi connectivity index (χ3v) is 5.24. The molecule has 1 N–H and O–H groups in total. The molecule has 0 saturated carbocycles. The van der Waals surface area contributed by atoms with E-state index in [1.807, 2.05) is 54.6 Å². The summed E-state index contributed by atoms with van der Waals surface area (Å²) >= 11 is 0. The molecule has 1 atom stereocenters. The highest BCUT2D eigenvalue weighted by Crippen LogP contribution is 2.28. The lowest BCUT2D eigenvalue weighted by atomic mass is 10.1. The van der Waals surface area contributed by atoms with Crippen LogP contribution in [0.25, 0.3) is 22.3 Å². The molecule has 1 unspecified atom stereocenters. The fourth-order valence-electron chi connectivity index (χ4n) is 2.84. The van der Waals surface area contributed by atoms with Gasteiger partial charge in [0.15, 0.2) is 0 Å². The van der Waals surface area contributed by atoms with Crippen molar-refractivity contribution in [3.63, 3.8) is 0 Å². The number of fused-ring (bicyclic) bond motifs is 1. The molecular formula is C22H17NO3S. The van der Waals surface area contributed by atoms with E-state index in [4.69, 9.17) is 4.42 Å². The van der Waals surface area contributed by atoms with Crippen LogP contribution in [0.4, 0.5) is 5.69 Å². The number of benzene rings is 3. The summed E-state index contributed by atoms with van der Waals surface area (Å²) in [6.07, 6.45) is 1.61. The Morgan fingerprint density at radius 2 is 1.63 bits per heavy atom. The molecule has 0 saturated heterocycles. The van der Waals surface area contributed by atoms with Crippen molar-refractivity contribution >= 4 is 33.4 Å². The second kappa shape index (κ2) is 7.21. The molecular weight excluding hydrogens is 358 g/mol. The van der Waals surface area contributed by atoms with Gasteiger partial charge in [-0.3, -0.25) is 9.00 Å². The van der Waals surface area contributed by atoms with Crippen LogP contribution in [-0.2, 0) is 10.8 Å². The molecule has 4 rings (SSSR count). The third-order valence-electron chi connectivity index (χ3n) is 4.30. The highest BCUT2D eigenvalue weighted by Gasteiger charge is 2.09. The number of hydrogen-bond donors (Lipinski definition) is 1. The van der Waals surface area contributed by atoms with Crippen molar-refractivity contribution in [3.8, 4) is 11.3 Å². The zero-order valence-electron chi connectivity index (χ0n) is 14.6. The number of carbonyl (C=O) groups excluding carboxylic acids is 1. The van der Waals surface area contributed by atoms with Crippen molar-refractivity contribution in [3.05, 3.63) is 84.4 Å². The van der Waals surface area contributed by atoms with Crippen molar-refractivity contribution in [2.45, 2.75) is 4.90 Å². The van der Waals surface area contributed by atoms with E-state index >= 15 is 0 Å².